The Morgan fingerprint density at radius 1 is 1.21 bits per heavy atom. The number of quaternary nitrogens is 1. The highest BCUT2D eigenvalue weighted by atomic mass is 16.1. The predicted molar refractivity (Wildman–Crippen MR) is 79.2 cm³/mol. The average Bonchev–Trinajstić information content (AvgIpc) is 2.33. The number of piperidine rings is 1. The second-order valence-corrected chi connectivity index (χ2v) is 6.53. The van der Waals surface area contributed by atoms with Gasteiger partial charge >= 0.3 is 0 Å². The van der Waals surface area contributed by atoms with Gasteiger partial charge in [0.25, 0.3) is 0 Å². The fraction of sp³-hybridized carbons (Fsp3) is 0.588. The molecule has 0 saturated carbocycles. The van der Waals surface area contributed by atoms with Crippen molar-refractivity contribution in [1.29, 1.82) is 0 Å². The molecule has 104 valence electrons. The Morgan fingerprint density at radius 3 is 2.42 bits per heavy atom. The zero-order chi connectivity index (χ0) is 14.0. The number of hydrogen-bond donors (Lipinski definition) is 0. The van der Waals surface area contributed by atoms with Crippen molar-refractivity contribution in [3.05, 3.63) is 34.9 Å². The zero-order valence-electron chi connectivity index (χ0n) is 12.7. The topological polar surface area (TPSA) is 17.1 Å². The lowest BCUT2D eigenvalue weighted by molar-refractivity contribution is -0.910. The quantitative estimate of drug-likeness (QED) is 0.763. The van der Waals surface area contributed by atoms with Gasteiger partial charge in [0.15, 0.2) is 5.78 Å². The average molecular weight is 260 g/mol. The molecule has 1 fully saturated rings. The van der Waals surface area contributed by atoms with E-state index in [1.165, 1.54) is 29.5 Å². The van der Waals surface area contributed by atoms with Crippen LogP contribution >= 0.6 is 0 Å². The molecule has 1 aromatic rings. The zero-order valence-corrected chi connectivity index (χ0v) is 12.7. The van der Waals surface area contributed by atoms with Gasteiger partial charge in [0, 0.05) is 12.8 Å². The Hall–Kier alpha value is -1.15. The molecule has 2 heteroatoms. The number of likely N-dealkylation sites (N-methyl/N-ethyl adjacent to an activating group) is 1. The lowest BCUT2D eigenvalue weighted by atomic mass is 9.90. The number of likely N-dealkylation sites (tertiary alicyclic amines) is 1. The maximum Gasteiger partial charge on any atom is 0.194 e. The van der Waals surface area contributed by atoms with Crippen LogP contribution in [0.3, 0.4) is 0 Å². The first-order valence-corrected chi connectivity index (χ1v) is 7.32. The Kier molecular flexibility index (Phi) is 4.10. The molecule has 1 aliphatic heterocycles. The molecule has 1 heterocycles. The highest BCUT2D eigenvalue weighted by Gasteiger charge is 2.36. The minimum atomic E-state index is 0.188. The Bertz CT molecular complexity index is 456. The summed E-state index contributed by atoms with van der Waals surface area (Å²) in [6.45, 7) is 5.34. The number of ketones is 1. The van der Waals surface area contributed by atoms with Gasteiger partial charge in [-0.05, 0) is 43.4 Å². The van der Waals surface area contributed by atoms with Gasteiger partial charge in [0.2, 0.25) is 0 Å². The molecule has 2 rings (SSSR count). The standard InChI is InChI=1S/C17H26NO/c1-13-8-7-9-14(2)15(13)12-17(19)16-10-5-6-11-18(16,3)4/h7-9,16H,5-6,10-12H2,1-4H3/q+1. The van der Waals surface area contributed by atoms with E-state index in [1.807, 2.05) is 0 Å². The van der Waals surface area contributed by atoms with E-state index >= 15 is 0 Å². The van der Waals surface area contributed by atoms with Gasteiger partial charge in [-0.15, -0.1) is 0 Å². The van der Waals surface area contributed by atoms with E-state index in [9.17, 15) is 4.79 Å². The van der Waals surface area contributed by atoms with Crippen LogP contribution in [-0.4, -0.2) is 36.9 Å². The molecule has 1 saturated heterocycles. The molecule has 2 nitrogen and oxygen atoms in total. The number of carbonyl (C=O) groups excluding carboxylic acids is 1. The lowest BCUT2D eigenvalue weighted by Gasteiger charge is -2.40. The number of rotatable bonds is 3. The molecule has 1 aliphatic rings. The molecule has 1 unspecified atom stereocenters. The second-order valence-electron chi connectivity index (χ2n) is 6.53. The number of Topliss-reactive ketones (excluding diaryl/α,β-unsaturated/α-hetero) is 1. The van der Waals surface area contributed by atoms with Crippen LogP contribution in [-0.2, 0) is 11.2 Å². The first kappa shape index (κ1) is 14.3. The van der Waals surface area contributed by atoms with Crippen LogP contribution in [0.5, 0.6) is 0 Å². The summed E-state index contributed by atoms with van der Waals surface area (Å²) in [6, 6.07) is 6.47. The molecular weight excluding hydrogens is 234 g/mol. The number of aryl methyl sites for hydroxylation is 2. The molecule has 0 amide bonds. The summed E-state index contributed by atoms with van der Waals surface area (Å²) in [4.78, 5) is 12.7. The molecular formula is C17H26NO+. The van der Waals surface area contributed by atoms with Crippen molar-refractivity contribution < 1.29 is 9.28 Å². The minimum absolute atomic E-state index is 0.188. The van der Waals surface area contributed by atoms with E-state index in [0.29, 0.717) is 12.2 Å². The van der Waals surface area contributed by atoms with Gasteiger partial charge in [-0.1, -0.05) is 18.2 Å². The Morgan fingerprint density at radius 2 is 1.84 bits per heavy atom. The van der Waals surface area contributed by atoms with Crippen molar-refractivity contribution in [1.82, 2.24) is 0 Å². The molecule has 0 bridgehead atoms. The van der Waals surface area contributed by atoms with Crippen molar-refractivity contribution in [2.24, 2.45) is 0 Å². The lowest BCUT2D eigenvalue weighted by Crippen LogP contribution is -2.56. The van der Waals surface area contributed by atoms with E-state index in [-0.39, 0.29) is 6.04 Å². The number of nitrogens with zero attached hydrogens (tertiary/aromatic N) is 1. The molecule has 0 aromatic heterocycles. The summed E-state index contributed by atoms with van der Waals surface area (Å²) >= 11 is 0. The maximum atomic E-state index is 12.7. The van der Waals surface area contributed by atoms with Crippen LogP contribution in [0, 0.1) is 13.8 Å². The van der Waals surface area contributed by atoms with Crippen LogP contribution in [0.4, 0.5) is 0 Å². The van der Waals surface area contributed by atoms with Crippen LogP contribution in [0.15, 0.2) is 18.2 Å². The predicted octanol–water partition coefficient (Wildman–Crippen LogP) is 3.04. The molecule has 19 heavy (non-hydrogen) atoms. The van der Waals surface area contributed by atoms with E-state index in [0.717, 1.165) is 17.4 Å². The van der Waals surface area contributed by atoms with Crippen LogP contribution in [0.2, 0.25) is 0 Å². The van der Waals surface area contributed by atoms with Gasteiger partial charge in [-0.2, -0.15) is 0 Å². The second kappa shape index (κ2) is 5.46. The third-order valence-electron chi connectivity index (χ3n) is 4.67. The first-order chi connectivity index (χ1) is 8.92. The van der Waals surface area contributed by atoms with E-state index in [2.05, 4.69) is 46.1 Å². The number of carbonyl (C=O) groups is 1. The highest BCUT2D eigenvalue weighted by Crippen LogP contribution is 2.24. The van der Waals surface area contributed by atoms with Crippen molar-refractivity contribution in [3.8, 4) is 0 Å². The fourth-order valence-electron chi connectivity index (χ4n) is 3.33. The summed E-state index contributed by atoms with van der Waals surface area (Å²) in [7, 11) is 4.40. The van der Waals surface area contributed by atoms with E-state index in [1.54, 1.807) is 0 Å². The van der Waals surface area contributed by atoms with Gasteiger partial charge in [-0.3, -0.25) is 4.79 Å². The Labute approximate surface area is 117 Å². The van der Waals surface area contributed by atoms with Crippen molar-refractivity contribution in [2.45, 2.75) is 45.6 Å². The third kappa shape index (κ3) is 3.06. The van der Waals surface area contributed by atoms with Crippen LogP contribution in [0.25, 0.3) is 0 Å². The number of benzene rings is 1. The summed E-state index contributed by atoms with van der Waals surface area (Å²) in [5.41, 5.74) is 3.72. The normalized spacial score (nSPS) is 22.2. The van der Waals surface area contributed by atoms with Gasteiger partial charge < -0.3 is 4.48 Å². The minimum Gasteiger partial charge on any atom is -0.320 e. The van der Waals surface area contributed by atoms with Crippen molar-refractivity contribution >= 4 is 5.78 Å². The van der Waals surface area contributed by atoms with Crippen LogP contribution < -0.4 is 0 Å². The van der Waals surface area contributed by atoms with Crippen molar-refractivity contribution in [3.63, 3.8) is 0 Å². The molecule has 0 spiro atoms. The molecule has 0 aliphatic carbocycles. The summed E-state index contributed by atoms with van der Waals surface area (Å²) in [5, 5.41) is 0. The van der Waals surface area contributed by atoms with Gasteiger partial charge in [0.1, 0.15) is 6.04 Å². The van der Waals surface area contributed by atoms with E-state index < -0.39 is 0 Å². The summed E-state index contributed by atoms with van der Waals surface area (Å²) < 4.78 is 0.865. The van der Waals surface area contributed by atoms with E-state index in [4.69, 9.17) is 0 Å². The smallest absolute Gasteiger partial charge is 0.194 e. The van der Waals surface area contributed by atoms with Crippen molar-refractivity contribution in [2.75, 3.05) is 20.6 Å². The highest BCUT2D eigenvalue weighted by molar-refractivity contribution is 5.85. The molecule has 1 atom stereocenters. The monoisotopic (exact) mass is 260 g/mol. The molecule has 0 radical (unpaired) electrons. The fourth-order valence-corrected chi connectivity index (χ4v) is 3.33. The number of hydrogen-bond acceptors (Lipinski definition) is 1. The van der Waals surface area contributed by atoms with Crippen LogP contribution in [0.1, 0.15) is 36.0 Å². The Balaban J connectivity index is 2.17. The maximum absolute atomic E-state index is 12.7. The van der Waals surface area contributed by atoms with Gasteiger partial charge in [-0.25, -0.2) is 0 Å². The summed E-state index contributed by atoms with van der Waals surface area (Å²) in [6.07, 6.45) is 4.10. The van der Waals surface area contributed by atoms with Gasteiger partial charge in [0.05, 0.1) is 20.6 Å². The first-order valence-electron chi connectivity index (χ1n) is 7.32. The SMILES string of the molecule is Cc1cccc(C)c1CC(=O)C1CCCC[N+]1(C)C. The molecule has 1 aromatic carbocycles. The largest absolute Gasteiger partial charge is 0.320 e. The summed E-state index contributed by atoms with van der Waals surface area (Å²) in [5.74, 6) is 0.419. The molecule has 0 N–H and O–H groups in total. The third-order valence-corrected chi connectivity index (χ3v) is 4.67.